The average Bonchev–Trinajstić information content (AvgIpc) is 3.62. The summed E-state index contributed by atoms with van der Waals surface area (Å²) in [6.45, 7) is 0.565. The summed E-state index contributed by atoms with van der Waals surface area (Å²) >= 11 is 0. The van der Waals surface area contributed by atoms with Crippen molar-refractivity contribution in [2.45, 2.75) is 6.54 Å². The van der Waals surface area contributed by atoms with Gasteiger partial charge in [0.15, 0.2) is 0 Å². The fraction of sp³-hybridized carbons (Fsp3) is 0.0690. The van der Waals surface area contributed by atoms with E-state index in [1.807, 2.05) is 54.6 Å². The lowest BCUT2D eigenvalue weighted by molar-refractivity contribution is 0.415. The van der Waals surface area contributed by atoms with Crippen LogP contribution >= 0.6 is 0 Å². The molecule has 3 aromatic carbocycles. The van der Waals surface area contributed by atoms with Crippen molar-refractivity contribution in [1.82, 2.24) is 14.0 Å². The summed E-state index contributed by atoms with van der Waals surface area (Å²) in [4.78, 5) is 5.18. The first kappa shape index (κ1) is 20.1. The highest BCUT2D eigenvalue weighted by molar-refractivity contribution is 5.82. The average molecular weight is 446 g/mol. The molecule has 34 heavy (non-hydrogen) atoms. The first-order valence-corrected chi connectivity index (χ1v) is 11.2. The van der Waals surface area contributed by atoms with Crippen molar-refractivity contribution < 1.29 is 9.15 Å². The number of benzene rings is 3. The van der Waals surface area contributed by atoms with Crippen molar-refractivity contribution in [3.05, 3.63) is 115 Å². The largest absolute Gasteiger partial charge is 0.497 e. The number of furan rings is 1. The molecule has 6 rings (SSSR count). The molecule has 0 bridgehead atoms. The second-order valence-corrected chi connectivity index (χ2v) is 8.12. The molecule has 0 spiro atoms. The van der Waals surface area contributed by atoms with Crippen LogP contribution in [0.5, 0.6) is 5.75 Å². The number of nitrogens with zero attached hydrogens (tertiary/aromatic N) is 3. The highest BCUT2D eigenvalue weighted by Crippen LogP contribution is 2.36. The van der Waals surface area contributed by atoms with E-state index in [0.29, 0.717) is 6.54 Å². The molecule has 0 atom stereocenters. The van der Waals surface area contributed by atoms with Crippen LogP contribution in [0.15, 0.2) is 114 Å². The lowest BCUT2D eigenvalue weighted by atomic mass is 10.0. The van der Waals surface area contributed by atoms with Gasteiger partial charge in [0.1, 0.15) is 11.5 Å². The minimum atomic E-state index is 0.565. The van der Waals surface area contributed by atoms with Crippen LogP contribution in [0.3, 0.4) is 0 Å². The highest BCUT2D eigenvalue weighted by atomic mass is 16.5. The Hall–Kier alpha value is -4.51. The molecule has 0 N–H and O–H groups in total. The molecule has 0 fully saturated rings. The van der Waals surface area contributed by atoms with Gasteiger partial charge in [-0.3, -0.25) is 4.40 Å². The second-order valence-electron chi connectivity index (χ2n) is 8.12. The van der Waals surface area contributed by atoms with Crippen LogP contribution in [-0.4, -0.2) is 21.1 Å². The van der Waals surface area contributed by atoms with E-state index >= 15 is 0 Å². The lowest BCUT2D eigenvalue weighted by Crippen LogP contribution is -2.02. The van der Waals surface area contributed by atoms with Crippen molar-refractivity contribution in [3.63, 3.8) is 0 Å². The number of aromatic nitrogens is 3. The summed E-state index contributed by atoms with van der Waals surface area (Å²) in [6.07, 6.45) is 3.87. The summed E-state index contributed by atoms with van der Waals surface area (Å²) in [6, 6.07) is 32.8. The molecule has 166 valence electrons. The monoisotopic (exact) mass is 445 g/mol. The molecule has 3 aromatic heterocycles. The second kappa shape index (κ2) is 8.45. The van der Waals surface area contributed by atoms with Gasteiger partial charge < -0.3 is 13.7 Å². The van der Waals surface area contributed by atoms with E-state index in [4.69, 9.17) is 14.1 Å². The maximum absolute atomic E-state index is 5.72. The van der Waals surface area contributed by atoms with E-state index in [9.17, 15) is 0 Å². The van der Waals surface area contributed by atoms with Crippen LogP contribution in [0, 0.1) is 0 Å². The van der Waals surface area contributed by atoms with Crippen molar-refractivity contribution in [1.29, 1.82) is 0 Å². The number of ether oxygens (including phenoxy) is 1. The molecule has 6 aromatic rings. The minimum absolute atomic E-state index is 0.565. The van der Waals surface area contributed by atoms with Gasteiger partial charge >= 0.3 is 0 Å². The molecule has 5 heteroatoms. The van der Waals surface area contributed by atoms with E-state index in [1.165, 1.54) is 0 Å². The third kappa shape index (κ3) is 3.48. The first-order valence-electron chi connectivity index (χ1n) is 11.2. The summed E-state index contributed by atoms with van der Waals surface area (Å²) < 4.78 is 15.6. The van der Waals surface area contributed by atoms with E-state index in [1.54, 1.807) is 13.4 Å². The van der Waals surface area contributed by atoms with Crippen molar-refractivity contribution in [2.24, 2.45) is 0 Å². The number of methoxy groups -OCH3 is 1. The van der Waals surface area contributed by atoms with Gasteiger partial charge in [0, 0.05) is 22.9 Å². The maximum Gasteiger partial charge on any atom is 0.215 e. The van der Waals surface area contributed by atoms with Gasteiger partial charge in [-0.25, -0.2) is 4.98 Å². The smallest absolute Gasteiger partial charge is 0.215 e. The zero-order valence-corrected chi connectivity index (χ0v) is 18.8. The van der Waals surface area contributed by atoms with Gasteiger partial charge in [-0.15, -0.1) is 0 Å². The van der Waals surface area contributed by atoms with E-state index < -0.39 is 0 Å². The van der Waals surface area contributed by atoms with Gasteiger partial charge in [-0.1, -0.05) is 72.8 Å². The van der Waals surface area contributed by atoms with Gasteiger partial charge in [-0.2, -0.15) is 0 Å². The number of imidazole rings is 2. The molecular formula is C29H23N3O2. The summed E-state index contributed by atoms with van der Waals surface area (Å²) in [5, 5.41) is 0. The molecule has 0 saturated heterocycles. The van der Waals surface area contributed by atoms with Gasteiger partial charge in [0.2, 0.25) is 5.78 Å². The van der Waals surface area contributed by atoms with Crippen LogP contribution < -0.4 is 4.74 Å². The molecule has 0 aliphatic carbocycles. The van der Waals surface area contributed by atoms with Gasteiger partial charge in [0.05, 0.1) is 37.0 Å². The van der Waals surface area contributed by atoms with E-state index in [0.717, 1.165) is 51.1 Å². The molecule has 0 amide bonds. The fourth-order valence-electron chi connectivity index (χ4n) is 4.43. The zero-order chi connectivity index (χ0) is 22.9. The van der Waals surface area contributed by atoms with Gasteiger partial charge in [0.25, 0.3) is 0 Å². The van der Waals surface area contributed by atoms with Crippen molar-refractivity contribution in [2.75, 3.05) is 7.11 Å². The molecule has 3 heterocycles. The standard InChI is InChI=1S/C29H23N3O2/c1-33-24-15-8-14-23(18-24)26-20-32-28(22-12-6-3-7-13-22)27(21-10-4-2-5-11-21)30-29(32)31(26)19-25-16-9-17-34-25/h2-18,20H,19H2,1H3. The maximum atomic E-state index is 5.72. The van der Waals surface area contributed by atoms with Gasteiger partial charge in [-0.05, 0) is 24.3 Å². The highest BCUT2D eigenvalue weighted by Gasteiger charge is 2.22. The molecule has 0 aliphatic rings. The predicted octanol–water partition coefficient (Wildman–Crippen LogP) is 6.79. The molecular weight excluding hydrogens is 422 g/mol. The Labute approximate surface area is 197 Å². The summed E-state index contributed by atoms with van der Waals surface area (Å²) in [5.41, 5.74) is 6.29. The Morgan fingerprint density at radius 2 is 1.53 bits per heavy atom. The molecule has 0 aliphatic heterocycles. The van der Waals surface area contributed by atoms with Crippen LogP contribution in [0.25, 0.3) is 39.5 Å². The fourth-order valence-corrected chi connectivity index (χ4v) is 4.43. The third-order valence-corrected chi connectivity index (χ3v) is 6.03. The molecule has 0 saturated carbocycles. The molecule has 0 radical (unpaired) electrons. The Bertz CT molecular complexity index is 1550. The topological polar surface area (TPSA) is 44.6 Å². The first-order chi connectivity index (χ1) is 16.8. The summed E-state index contributed by atoms with van der Waals surface area (Å²) in [7, 11) is 1.69. The third-order valence-electron chi connectivity index (χ3n) is 6.03. The predicted molar refractivity (Wildman–Crippen MR) is 134 cm³/mol. The Morgan fingerprint density at radius 3 is 2.24 bits per heavy atom. The molecule has 0 unspecified atom stereocenters. The number of fused-ring (bicyclic) bond motifs is 1. The van der Waals surface area contributed by atoms with Crippen molar-refractivity contribution >= 4 is 5.78 Å². The number of hydrogen-bond donors (Lipinski definition) is 0. The summed E-state index contributed by atoms with van der Waals surface area (Å²) in [5.74, 6) is 2.54. The Kier molecular flexibility index (Phi) is 5.00. The van der Waals surface area contributed by atoms with Crippen LogP contribution in [0.2, 0.25) is 0 Å². The quantitative estimate of drug-likeness (QED) is 0.284. The number of rotatable bonds is 6. The zero-order valence-electron chi connectivity index (χ0n) is 18.8. The van der Waals surface area contributed by atoms with Crippen molar-refractivity contribution in [3.8, 4) is 39.5 Å². The normalized spacial score (nSPS) is 11.2. The van der Waals surface area contributed by atoms with Crippen LogP contribution in [0.1, 0.15) is 5.76 Å². The number of hydrogen-bond acceptors (Lipinski definition) is 3. The lowest BCUT2D eigenvalue weighted by Gasteiger charge is -2.09. The van der Waals surface area contributed by atoms with E-state index in [-0.39, 0.29) is 0 Å². The minimum Gasteiger partial charge on any atom is -0.497 e. The Morgan fingerprint density at radius 1 is 0.794 bits per heavy atom. The Balaban J connectivity index is 1.65. The molecule has 5 nitrogen and oxygen atoms in total. The van der Waals surface area contributed by atoms with E-state index in [2.05, 4.69) is 57.6 Å². The van der Waals surface area contributed by atoms with Crippen LogP contribution in [-0.2, 0) is 6.54 Å². The SMILES string of the molecule is COc1cccc(-c2cn3c(-c4ccccc4)c(-c4ccccc4)nc3n2Cc2ccco2)c1. The van der Waals surface area contributed by atoms with Crippen LogP contribution in [0.4, 0.5) is 0 Å².